The van der Waals surface area contributed by atoms with Crippen LogP contribution in [0.5, 0.6) is 0 Å². The van der Waals surface area contributed by atoms with Crippen LogP contribution in [0.4, 0.5) is 0 Å². The third-order valence-corrected chi connectivity index (χ3v) is 2.51. The molecule has 0 saturated carbocycles. The molecule has 90 valence electrons. The molecule has 0 aliphatic rings. The third-order valence-electron chi connectivity index (χ3n) is 2.51. The molecule has 1 heterocycles. The minimum Gasteiger partial charge on any atom is -0.475 e. The zero-order valence-corrected chi connectivity index (χ0v) is 9.71. The Balaban J connectivity index is 2.25. The summed E-state index contributed by atoms with van der Waals surface area (Å²) in [5, 5.41) is 8.71. The van der Waals surface area contributed by atoms with Crippen molar-refractivity contribution in [3.05, 3.63) is 60.7 Å². The molecular weight excluding hydrogens is 228 g/mol. The molecule has 4 nitrogen and oxygen atoms in total. The molecular formula is C14H12N2O2. The van der Waals surface area contributed by atoms with Gasteiger partial charge in [-0.15, -0.1) is 6.58 Å². The highest BCUT2D eigenvalue weighted by Gasteiger charge is 2.06. The maximum atomic E-state index is 10.6. The Morgan fingerprint density at radius 3 is 2.28 bits per heavy atom. The number of aromatic carboxylic acids is 1. The maximum absolute atomic E-state index is 10.6. The van der Waals surface area contributed by atoms with E-state index in [-0.39, 0.29) is 5.82 Å². The van der Waals surface area contributed by atoms with E-state index in [0.717, 1.165) is 17.5 Å². The van der Waals surface area contributed by atoms with Crippen molar-refractivity contribution in [2.75, 3.05) is 0 Å². The van der Waals surface area contributed by atoms with Crippen LogP contribution in [0.3, 0.4) is 0 Å². The van der Waals surface area contributed by atoms with Crippen LogP contribution in [-0.4, -0.2) is 21.0 Å². The van der Waals surface area contributed by atoms with E-state index in [1.54, 1.807) is 0 Å². The van der Waals surface area contributed by atoms with E-state index >= 15 is 0 Å². The first kappa shape index (κ1) is 12.0. The number of rotatable bonds is 4. The Morgan fingerprint density at radius 1 is 1.17 bits per heavy atom. The average Bonchev–Trinajstić information content (AvgIpc) is 2.40. The summed E-state index contributed by atoms with van der Waals surface area (Å²) in [5.41, 5.74) is 2.93. The molecule has 2 rings (SSSR count). The summed E-state index contributed by atoms with van der Waals surface area (Å²) >= 11 is 0. The van der Waals surface area contributed by atoms with E-state index < -0.39 is 5.97 Å². The normalized spacial score (nSPS) is 10.0. The van der Waals surface area contributed by atoms with Crippen LogP contribution < -0.4 is 0 Å². The number of carbonyl (C=O) groups is 1. The molecule has 0 amide bonds. The van der Waals surface area contributed by atoms with Crippen molar-refractivity contribution < 1.29 is 9.90 Å². The molecule has 18 heavy (non-hydrogen) atoms. The molecule has 0 saturated heterocycles. The van der Waals surface area contributed by atoms with Crippen LogP contribution in [0.15, 0.2) is 49.3 Å². The van der Waals surface area contributed by atoms with Crippen LogP contribution in [0.25, 0.3) is 11.1 Å². The SMILES string of the molecule is C=CCc1ccc(-c2cnc(C(=O)O)nc2)cc1. The van der Waals surface area contributed by atoms with Gasteiger partial charge in [-0.2, -0.15) is 0 Å². The summed E-state index contributed by atoms with van der Waals surface area (Å²) in [5.74, 6) is -1.31. The van der Waals surface area contributed by atoms with Gasteiger partial charge in [0.15, 0.2) is 0 Å². The van der Waals surface area contributed by atoms with Crippen molar-refractivity contribution in [3.8, 4) is 11.1 Å². The van der Waals surface area contributed by atoms with E-state index in [9.17, 15) is 4.79 Å². The van der Waals surface area contributed by atoms with Gasteiger partial charge < -0.3 is 5.11 Å². The van der Waals surface area contributed by atoms with E-state index in [1.165, 1.54) is 18.0 Å². The molecule has 0 atom stereocenters. The smallest absolute Gasteiger partial charge is 0.373 e. The zero-order valence-electron chi connectivity index (χ0n) is 9.71. The summed E-state index contributed by atoms with van der Waals surface area (Å²) in [6.07, 6.45) is 5.70. The summed E-state index contributed by atoms with van der Waals surface area (Å²) in [7, 11) is 0. The second-order valence-corrected chi connectivity index (χ2v) is 3.79. The maximum Gasteiger partial charge on any atom is 0.373 e. The Labute approximate surface area is 105 Å². The lowest BCUT2D eigenvalue weighted by atomic mass is 10.1. The summed E-state index contributed by atoms with van der Waals surface area (Å²) in [4.78, 5) is 18.2. The Hall–Kier alpha value is -2.49. The van der Waals surface area contributed by atoms with E-state index in [0.29, 0.717) is 0 Å². The second kappa shape index (κ2) is 5.23. The number of allylic oxidation sites excluding steroid dienone is 1. The minimum atomic E-state index is -1.12. The van der Waals surface area contributed by atoms with Crippen molar-refractivity contribution in [1.29, 1.82) is 0 Å². The first-order chi connectivity index (χ1) is 8.70. The lowest BCUT2D eigenvalue weighted by molar-refractivity contribution is 0.0683. The monoisotopic (exact) mass is 240 g/mol. The van der Waals surface area contributed by atoms with Gasteiger partial charge in [0, 0.05) is 18.0 Å². The van der Waals surface area contributed by atoms with Crippen LogP contribution in [0.1, 0.15) is 16.2 Å². The summed E-state index contributed by atoms with van der Waals surface area (Å²) < 4.78 is 0. The van der Waals surface area contributed by atoms with Gasteiger partial charge >= 0.3 is 5.97 Å². The predicted molar refractivity (Wildman–Crippen MR) is 68.3 cm³/mol. The second-order valence-electron chi connectivity index (χ2n) is 3.79. The highest BCUT2D eigenvalue weighted by atomic mass is 16.4. The number of carboxylic acid groups (broad SMARTS) is 1. The lowest BCUT2D eigenvalue weighted by Crippen LogP contribution is -2.03. The van der Waals surface area contributed by atoms with Crippen molar-refractivity contribution >= 4 is 5.97 Å². The lowest BCUT2D eigenvalue weighted by Gasteiger charge is -2.02. The predicted octanol–water partition coefficient (Wildman–Crippen LogP) is 2.57. The van der Waals surface area contributed by atoms with Gasteiger partial charge in [-0.25, -0.2) is 14.8 Å². The number of aromatic nitrogens is 2. The van der Waals surface area contributed by atoms with Gasteiger partial charge in [-0.1, -0.05) is 30.3 Å². The highest BCUT2D eigenvalue weighted by Crippen LogP contribution is 2.18. The number of hydrogen-bond acceptors (Lipinski definition) is 3. The first-order valence-electron chi connectivity index (χ1n) is 5.46. The van der Waals surface area contributed by atoms with Crippen LogP contribution in [0.2, 0.25) is 0 Å². The fourth-order valence-corrected chi connectivity index (χ4v) is 1.59. The Morgan fingerprint density at radius 2 is 1.78 bits per heavy atom. The number of hydrogen-bond donors (Lipinski definition) is 1. The summed E-state index contributed by atoms with van der Waals surface area (Å²) in [6.45, 7) is 3.69. The molecule has 0 aliphatic carbocycles. The molecule has 0 spiro atoms. The molecule has 2 aromatic rings. The topological polar surface area (TPSA) is 63.1 Å². The fraction of sp³-hybridized carbons (Fsp3) is 0.0714. The largest absolute Gasteiger partial charge is 0.475 e. The molecule has 0 bridgehead atoms. The van der Waals surface area contributed by atoms with E-state index in [4.69, 9.17) is 5.11 Å². The number of benzene rings is 1. The zero-order chi connectivity index (χ0) is 13.0. The molecule has 0 aliphatic heterocycles. The van der Waals surface area contributed by atoms with Crippen molar-refractivity contribution in [2.45, 2.75) is 6.42 Å². The van der Waals surface area contributed by atoms with E-state index in [2.05, 4.69) is 16.5 Å². The molecule has 0 radical (unpaired) electrons. The van der Waals surface area contributed by atoms with Crippen molar-refractivity contribution in [1.82, 2.24) is 9.97 Å². The van der Waals surface area contributed by atoms with Crippen molar-refractivity contribution in [2.24, 2.45) is 0 Å². The van der Waals surface area contributed by atoms with Gasteiger partial charge in [-0.05, 0) is 17.5 Å². The molecule has 0 fully saturated rings. The molecule has 1 N–H and O–H groups in total. The molecule has 1 aromatic heterocycles. The van der Waals surface area contributed by atoms with Crippen LogP contribution in [0, 0.1) is 0 Å². The van der Waals surface area contributed by atoms with Gasteiger partial charge in [0.05, 0.1) is 0 Å². The third kappa shape index (κ3) is 2.60. The molecule has 0 unspecified atom stereocenters. The Kier molecular flexibility index (Phi) is 3.48. The molecule has 1 aromatic carbocycles. The van der Waals surface area contributed by atoms with Gasteiger partial charge in [-0.3, -0.25) is 0 Å². The Bertz CT molecular complexity index is 559. The standard InChI is InChI=1S/C14H12N2O2/c1-2-3-10-4-6-11(7-5-10)12-8-15-13(14(17)18)16-9-12/h2,4-9H,1,3H2,(H,17,18). The summed E-state index contributed by atoms with van der Waals surface area (Å²) in [6, 6.07) is 7.92. The highest BCUT2D eigenvalue weighted by molar-refractivity contribution is 5.83. The first-order valence-corrected chi connectivity index (χ1v) is 5.46. The van der Waals surface area contributed by atoms with E-state index in [1.807, 2.05) is 30.3 Å². The quantitative estimate of drug-likeness (QED) is 0.834. The molecule has 4 heteroatoms. The van der Waals surface area contributed by atoms with Crippen LogP contribution in [-0.2, 0) is 6.42 Å². The van der Waals surface area contributed by atoms with Crippen molar-refractivity contribution in [3.63, 3.8) is 0 Å². The minimum absolute atomic E-state index is 0.193. The van der Waals surface area contributed by atoms with Gasteiger partial charge in [0.25, 0.3) is 0 Å². The van der Waals surface area contributed by atoms with Gasteiger partial charge in [0.2, 0.25) is 5.82 Å². The average molecular weight is 240 g/mol. The fourth-order valence-electron chi connectivity index (χ4n) is 1.59. The van der Waals surface area contributed by atoms with Crippen LogP contribution >= 0.6 is 0 Å². The number of carboxylic acids is 1. The van der Waals surface area contributed by atoms with Gasteiger partial charge in [0.1, 0.15) is 0 Å². The number of nitrogens with zero attached hydrogens (tertiary/aromatic N) is 2.